The second-order valence-corrected chi connectivity index (χ2v) is 13.3. The van der Waals surface area contributed by atoms with Crippen molar-refractivity contribution in [3.8, 4) is 0 Å². The van der Waals surface area contributed by atoms with E-state index >= 15 is 0 Å². The average Bonchev–Trinajstić information content (AvgIpc) is 3.03. The summed E-state index contributed by atoms with van der Waals surface area (Å²) in [5.41, 5.74) is 4.20. The van der Waals surface area contributed by atoms with Gasteiger partial charge in [-0.15, -0.1) is 0 Å². The molecule has 238 valence electrons. The molecule has 0 fully saturated rings. The summed E-state index contributed by atoms with van der Waals surface area (Å²) >= 11 is 6.23. The molecule has 3 aromatic carbocycles. The number of amides is 3. The summed E-state index contributed by atoms with van der Waals surface area (Å²) in [4.78, 5) is 42.7. The summed E-state index contributed by atoms with van der Waals surface area (Å²) in [6.45, 7) is 3.61. The third-order valence-electron chi connectivity index (χ3n) is 7.69. The van der Waals surface area contributed by atoms with Crippen molar-refractivity contribution in [1.82, 2.24) is 10.3 Å². The number of anilines is 3. The summed E-state index contributed by atoms with van der Waals surface area (Å²) in [5, 5.41) is 8.86. The van der Waals surface area contributed by atoms with Gasteiger partial charge < -0.3 is 16.0 Å². The van der Waals surface area contributed by atoms with E-state index in [2.05, 4.69) is 20.9 Å². The van der Waals surface area contributed by atoms with Crippen molar-refractivity contribution >= 4 is 56.4 Å². The van der Waals surface area contributed by atoms with Crippen LogP contribution in [0, 0.1) is 13.8 Å². The maximum atomic E-state index is 14.1. The fourth-order valence-electron chi connectivity index (χ4n) is 5.25. The normalized spacial score (nSPS) is 14.3. The first-order valence-electron chi connectivity index (χ1n) is 14.8. The van der Waals surface area contributed by atoms with E-state index in [0.29, 0.717) is 46.8 Å². The molecule has 1 aromatic heterocycles. The zero-order valence-electron chi connectivity index (χ0n) is 25.4. The summed E-state index contributed by atoms with van der Waals surface area (Å²) in [6.07, 6.45) is 4.47. The third kappa shape index (κ3) is 7.55. The number of hydrogen-bond acceptors (Lipinski definition) is 6. The number of nitrogens with zero attached hydrogens (tertiary/aromatic N) is 2. The van der Waals surface area contributed by atoms with Gasteiger partial charge in [-0.05, 0) is 91.4 Å². The molecule has 0 unspecified atom stereocenters. The summed E-state index contributed by atoms with van der Waals surface area (Å²) in [7, 11) is -4.27. The highest BCUT2D eigenvalue weighted by atomic mass is 35.5. The fourth-order valence-corrected chi connectivity index (χ4v) is 7.39. The molecule has 3 amide bonds. The van der Waals surface area contributed by atoms with Crippen LogP contribution in [0.1, 0.15) is 35.1 Å². The van der Waals surface area contributed by atoms with Crippen molar-refractivity contribution in [2.45, 2.75) is 50.5 Å². The number of carbonyl (C=O) groups is 3. The van der Waals surface area contributed by atoms with E-state index in [0.717, 1.165) is 15.4 Å². The van der Waals surface area contributed by atoms with Gasteiger partial charge in [0.2, 0.25) is 17.7 Å². The van der Waals surface area contributed by atoms with Crippen molar-refractivity contribution in [1.29, 1.82) is 0 Å². The second-order valence-electron chi connectivity index (χ2n) is 11.1. The SMILES string of the molecule is Cc1cc(S(=O)(=O)N2c3ccccc3NC(=O)[C@H]2CC(=O)NCCc2ccc(NC(=O)CCc3cccnc3)cc2)c(C)cc1Cl. The Hall–Kier alpha value is -4.74. The number of aromatic nitrogens is 1. The highest BCUT2D eigenvalue weighted by molar-refractivity contribution is 7.93. The molecule has 0 saturated heterocycles. The Balaban J connectivity index is 1.21. The lowest BCUT2D eigenvalue weighted by Crippen LogP contribution is -2.53. The molecule has 46 heavy (non-hydrogen) atoms. The van der Waals surface area contributed by atoms with Crippen LogP contribution >= 0.6 is 11.6 Å². The lowest BCUT2D eigenvalue weighted by Gasteiger charge is -2.37. The van der Waals surface area contributed by atoms with E-state index < -0.39 is 27.9 Å². The summed E-state index contributed by atoms with van der Waals surface area (Å²) in [6, 6.07) is 19.4. The van der Waals surface area contributed by atoms with Crippen LogP contribution in [0.3, 0.4) is 0 Å². The van der Waals surface area contributed by atoms with Crippen molar-refractivity contribution in [3.05, 3.63) is 112 Å². The first-order chi connectivity index (χ1) is 22.0. The minimum atomic E-state index is -4.27. The Labute approximate surface area is 273 Å². The number of hydrogen-bond donors (Lipinski definition) is 3. The number of carbonyl (C=O) groups excluding carboxylic acids is 3. The van der Waals surface area contributed by atoms with Gasteiger partial charge in [0.15, 0.2) is 0 Å². The van der Waals surface area contributed by atoms with Crippen LogP contribution in [0.5, 0.6) is 0 Å². The summed E-state index contributed by atoms with van der Waals surface area (Å²) < 4.78 is 29.3. The number of para-hydroxylation sites is 2. The summed E-state index contributed by atoms with van der Waals surface area (Å²) in [5.74, 6) is -1.17. The standard InChI is InChI=1S/C34H34ClN5O5S/c1-22-19-31(23(2)18-27(22)35)46(44,45)40-29-8-4-3-7-28(29)39-34(43)30(40)20-33(42)37-17-15-24-9-12-26(13-10-24)38-32(41)14-11-25-6-5-16-36-21-25/h3-10,12-13,16,18-19,21,30H,11,14-15,17,20H2,1-2H3,(H,37,42)(H,38,41)(H,39,43)/t30-/m1/s1. The van der Waals surface area contributed by atoms with Crippen molar-refractivity contribution in [2.75, 3.05) is 21.5 Å². The highest BCUT2D eigenvalue weighted by Gasteiger charge is 2.42. The van der Waals surface area contributed by atoms with Crippen LogP contribution in [-0.2, 0) is 37.2 Å². The Morgan fingerprint density at radius 3 is 2.43 bits per heavy atom. The largest absolute Gasteiger partial charge is 0.356 e. The van der Waals surface area contributed by atoms with E-state index in [-0.39, 0.29) is 29.5 Å². The van der Waals surface area contributed by atoms with Crippen molar-refractivity contribution < 1.29 is 22.8 Å². The first-order valence-corrected chi connectivity index (χ1v) is 16.6. The van der Waals surface area contributed by atoms with Crippen LogP contribution in [-0.4, -0.2) is 43.7 Å². The Morgan fingerprint density at radius 1 is 0.935 bits per heavy atom. The van der Waals surface area contributed by atoms with Gasteiger partial charge >= 0.3 is 0 Å². The molecule has 1 atom stereocenters. The van der Waals surface area contributed by atoms with E-state index in [1.807, 2.05) is 24.3 Å². The zero-order valence-corrected chi connectivity index (χ0v) is 27.0. The van der Waals surface area contributed by atoms with Gasteiger partial charge in [0.05, 0.1) is 22.7 Å². The molecule has 0 saturated carbocycles. The molecule has 3 N–H and O–H groups in total. The topological polar surface area (TPSA) is 138 Å². The van der Waals surface area contributed by atoms with Crippen LogP contribution < -0.4 is 20.3 Å². The molecule has 0 aliphatic carbocycles. The predicted octanol–water partition coefficient (Wildman–Crippen LogP) is 5.19. The number of fused-ring (bicyclic) bond motifs is 1. The van der Waals surface area contributed by atoms with E-state index in [9.17, 15) is 22.8 Å². The third-order valence-corrected chi connectivity index (χ3v) is 10.1. The van der Waals surface area contributed by atoms with Gasteiger partial charge in [-0.25, -0.2) is 8.42 Å². The number of benzene rings is 3. The van der Waals surface area contributed by atoms with Crippen LogP contribution in [0.25, 0.3) is 0 Å². The molecule has 0 radical (unpaired) electrons. The molecule has 2 heterocycles. The van der Waals surface area contributed by atoms with Gasteiger partial charge in [0, 0.05) is 36.1 Å². The molecule has 1 aliphatic rings. The minimum absolute atomic E-state index is 0.0115. The van der Waals surface area contributed by atoms with Gasteiger partial charge in [0.25, 0.3) is 10.0 Å². The number of rotatable bonds is 11. The van der Waals surface area contributed by atoms with E-state index in [1.54, 1.807) is 68.7 Å². The smallest absolute Gasteiger partial charge is 0.265 e. The number of sulfonamides is 1. The average molecular weight is 660 g/mol. The lowest BCUT2D eigenvalue weighted by molar-refractivity contribution is -0.125. The van der Waals surface area contributed by atoms with Crippen LogP contribution in [0.15, 0.2) is 90.1 Å². The zero-order chi connectivity index (χ0) is 32.8. The minimum Gasteiger partial charge on any atom is -0.356 e. The van der Waals surface area contributed by atoms with E-state index in [1.165, 1.54) is 6.07 Å². The Kier molecular flexibility index (Phi) is 10.0. The number of halogens is 1. The maximum absolute atomic E-state index is 14.1. The highest BCUT2D eigenvalue weighted by Crippen LogP contribution is 2.38. The number of nitrogens with one attached hydrogen (secondary N) is 3. The molecule has 12 heteroatoms. The van der Waals surface area contributed by atoms with Gasteiger partial charge in [-0.1, -0.05) is 41.9 Å². The van der Waals surface area contributed by atoms with Crippen LogP contribution in [0.4, 0.5) is 17.1 Å². The quantitative estimate of drug-likeness (QED) is 0.203. The molecule has 0 spiro atoms. The van der Waals surface area contributed by atoms with Gasteiger partial charge in [-0.3, -0.25) is 23.7 Å². The number of pyridine rings is 1. The van der Waals surface area contributed by atoms with Crippen molar-refractivity contribution in [2.24, 2.45) is 0 Å². The molecular formula is C34H34ClN5O5S. The molecular weight excluding hydrogens is 626 g/mol. The molecule has 1 aliphatic heterocycles. The molecule has 4 aromatic rings. The molecule has 5 rings (SSSR count). The molecule has 10 nitrogen and oxygen atoms in total. The van der Waals surface area contributed by atoms with E-state index in [4.69, 9.17) is 11.6 Å². The monoisotopic (exact) mass is 659 g/mol. The van der Waals surface area contributed by atoms with Gasteiger partial charge in [0.1, 0.15) is 6.04 Å². The predicted molar refractivity (Wildman–Crippen MR) is 178 cm³/mol. The first kappa shape index (κ1) is 32.6. The molecule has 0 bridgehead atoms. The van der Waals surface area contributed by atoms with Crippen LogP contribution in [0.2, 0.25) is 5.02 Å². The second kappa shape index (κ2) is 14.1. The lowest BCUT2D eigenvalue weighted by atomic mass is 10.1. The van der Waals surface area contributed by atoms with Crippen molar-refractivity contribution in [3.63, 3.8) is 0 Å². The van der Waals surface area contributed by atoms with Gasteiger partial charge in [-0.2, -0.15) is 0 Å². The Morgan fingerprint density at radius 2 is 1.70 bits per heavy atom. The number of aryl methyl sites for hydroxylation is 3. The Bertz CT molecular complexity index is 1870. The maximum Gasteiger partial charge on any atom is 0.265 e. The fraction of sp³-hybridized carbons (Fsp3) is 0.235.